The molecule has 0 atom stereocenters. The molecule has 1 fully saturated rings. The molecule has 2 aromatic rings. The lowest BCUT2D eigenvalue weighted by molar-refractivity contribution is -0.115. The predicted octanol–water partition coefficient (Wildman–Crippen LogP) is 4.24. The third-order valence-electron chi connectivity index (χ3n) is 3.52. The van der Waals surface area contributed by atoms with Gasteiger partial charge >= 0.3 is 0 Å². The second-order valence-corrected chi connectivity index (χ2v) is 7.08. The van der Waals surface area contributed by atoms with Crippen LogP contribution >= 0.6 is 23.4 Å². The van der Waals surface area contributed by atoms with Crippen molar-refractivity contribution in [2.24, 2.45) is 0 Å². The Kier molecular flexibility index (Phi) is 5.85. The molecule has 0 aromatic heterocycles. The number of benzene rings is 2. The fourth-order valence-electron chi connectivity index (χ4n) is 2.36. The first-order chi connectivity index (χ1) is 12.5. The van der Waals surface area contributed by atoms with Crippen molar-refractivity contribution < 1.29 is 14.3 Å². The molecular formula is C19H17ClN2O3S. The van der Waals surface area contributed by atoms with Crippen LogP contribution < -0.4 is 14.8 Å². The van der Waals surface area contributed by atoms with Crippen LogP contribution in [0.5, 0.6) is 11.5 Å². The maximum atomic E-state index is 11.8. The molecule has 2 N–H and O–H groups in total. The number of hydrogen-bond acceptors (Lipinski definition) is 5. The zero-order valence-electron chi connectivity index (χ0n) is 14.0. The minimum absolute atomic E-state index is 0.109. The minimum Gasteiger partial charge on any atom is -0.490 e. The molecule has 134 valence electrons. The molecule has 0 spiro atoms. The van der Waals surface area contributed by atoms with E-state index in [2.05, 4.69) is 5.32 Å². The lowest BCUT2D eigenvalue weighted by Gasteiger charge is -2.11. The van der Waals surface area contributed by atoms with Crippen molar-refractivity contribution in [3.63, 3.8) is 0 Å². The monoisotopic (exact) mass is 388 g/mol. The summed E-state index contributed by atoms with van der Waals surface area (Å²) in [6.45, 7) is 2.75. The van der Waals surface area contributed by atoms with Crippen molar-refractivity contribution in [2.45, 2.75) is 6.92 Å². The van der Waals surface area contributed by atoms with Crippen LogP contribution in [0.4, 0.5) is 0 Å². The third kappa shape index (κ3) is 4.80. The molecular weight excluding hydrogens is 372 g/mol. The third-order valence-corrected chi connectivity index (χ3v) is 4.58. The summed E-state index contributed by atoms with van der Waals surface area (Å²) in [7, 11) is 0. The number of amides is 1. The van der Waals surface area contributed by atoms with Crippen LogP contribution in [0.15, 0.2) is 47.4 Å². The van der Waals surface area contributed by atoms with Crippen LogP contribution in [0, 0.1) is 12.3 Å². The summed E-state index contributed by atoms with van der Waals surface area (Å²) in [5.74, 6) is 1.10. The summed E-state index contributed by atoms with van der Waals surface area (Å²) >= 11 is 7.13. The number of ether oxygens (including phenoxy) is 2. The Morgan fingerprint density at radius 1 is 1.19 bits per heavy atom. The molecule has 0 radical (unpaired) electrons. The second kappa shape index (κ2) is 8.29. The number of amidine groups is 1. The number of rotatable bonds is 6. The molecule has 1 saturated heterocycles. The van der Waals surface area contributed by atoms with E-state index in [0.29, 0.717) is 34.5 Å². The average Bonchev–Trinajstić information content (AvgIpc) is 2.90. The van der Waals surface area contributed by atoms with Gasteiger partial charge in [-0.25, -0.2) is 0 Å². The smallest absolute Gasteiger partial charge is 0.264 e. The first kappa shape index (κ1) is 18.4. The highest BCUT2D eigenvalue weighted by atomic mass is 35.5. The van der Waals surface area contributed by atoms with Gasteiger partial charge in [-0.15, -0.1) is 0 Å². The van der Waals surface area contributed by atoms with Gasteiger partial charge in [0.15, 0.2) is 5.17 Å². The second-order valence-electron chi connectivity index (χ2n) is 5.59. The summed E-state index contributed by atoms with van der Waals surface area (Å²) in [4.78, 5) is 12.2. The van der Waals surface area contributed by atoms with Gasteiger partial charge in [-0.3, -0.25) is 10.2 Å². The highest BCUT2D eigenvalue weighted by Crippen LogP contribution is 2.30. The number of nitrogens with one attached hydrogen (secondary N) is 2. The van der Waals surface area contributed by atoms with Gasteiger partial charge < -0.3 is 14.8 Å². The standard InChI is InChI=1S/C19H17ClN2O3S/c1-12-3-2-4-15(9-12)24-7-8-25-16-6-5-14(20)10-13(16)11-17-18(23)22-19(21)26-17/h2-6,9-11H,7-8H2,1H3,(H2,21,22,23)/b17-11-. The Balaban J connectivity index is 1.65. The summed E-state index contributed by atoms with van der Waals surface area (Å²) in [6, 6.07) is 13.0. The van der Waals surface area contributed by atoms with Crippen molar-refractivity contribution in [2.75, 3.05) is 13.2 Å². The van der Waals surface area contributed by atoms with Gasteiger partial charge in [0.1, 0.15) is 24.7 Å². The molecule has 0 unspecified atom stereocenters. The molecule has 0 saturated carbocycles. The average molecular weight is 389 g/mol. The highest BCUT2D eigenvalue weighted by molar-refractivity contribution is 8.18. The highest BCUT2D eigenvalue weighted by Gasteiger charge is 2.22. The molecule has 2 aromatic carbocycles. The summed E-state index contributed by atoms with van der Waals surface area (Å²) in [5.41, 5.74) is 1.81. The van der Waals surface area contributed by atoms with E-state index in [-0.39, 0.29) is 11.1 Å². The molecule has 5 nitrogen and oxygen atoms in total. The van der Waals surface area contributed by atoms with Gasteiger partial charge in [-0.1, -0.05) is 23.7 Å². The van der Waals surface area contributed by atoms with E-state index >= 15 is 0 Å². The van der Waals surface area contributed by atoms with E-state index in [1.54, 1.807) is 24.3 Å². The van der Waals surface area contributed by atoms with Crippen LogP contribution in [-0.2, 0) is 4.79 Å². The number of thioether (sulfide) groups is 1. The zero-order valence-corrected chi connectivity index (χ0v) is 15.6. The first-order valence-corrected chi connectivity index (χ1v) is 9.12. The van der Waals surface area contributed by atoms with E-state index in [9.17, 15) is 4.79 Å². The largest absolute Gasteiger partial charge is 0.490 e. The fraction of sp³-hybridized carbons (Fsp3) is 0.158. The van der Waals surface area contributed by atoms with Gasteiger partial charge in [0, 0.05) is 10.6 Å². The molecule has 1 aliphatic rings. The van der Waals surface area contributed by atoms with E-state index in [0.717, 1.165) is 23.1 Å². The van der Waals surface area contributed by atoms with Gasteiger partial charge in [0.25, 0.3) is 5.91 Å². The van der Waals surface area contributed by atoms with E-state index in [1.165, 1.54) is 0 Å². The molecule has 0 aliphatic carbocycles. The van der Waals surface area contributed by atoms with Gasteiger partial charge in [-0.05, 0) is 60.7 Å². The van der Waals surface area contributed by atoms with E-state index in [1.807, 2.05) is 31.2 Å². The lowest BCUT2D eigenvalue weighted by atomic mass is 10.2. The fourth-order valence-corrected chi connectivity index (χ4v) is 3.24. The number of carbonyl (C=O) groups is 1. The number of halogens is 1. The van der Waals surface area contributed by atoms with Gasteiger partial charge in [0.2, 0.25) is 0 Å². The Morgan fingerprint density at radius 3 is 2.73 bits per heavy atom. The van der Waals surface area contributed by atoms with Crippen molar-refractivity contribution in [1.82, 2.24) is 5.32 Å². The molecule has 3 rings (SSSR count). The summed E-state index contributed by atoms with van der Waals surface area (Å²) < 4.78 is 11.5. The van der Waals surface area contributed by atoms with Crippen molar-refractivity contribution in [3.8, 4) is 11.5 Å². The normalized spacial score (nSPS) is 15.2. The Morgan fingerprint density at radius 2 is 2.00 bits per heavy atom. The SMILES string of the molecule is Cc1cccc(OCCOc2ccc(Cl)cc2/C=C2\SC(=N)NC2=O)c1. The van der Waals surface area contributed by atoms with Crippen LogP contribution in [0.2, 0.25) is 5.02 Å². The molecule has 7 heteroatoms. The quantitative estimate of drug-likeness (QED) is 0.573. The molecule has 0 bridgehead atoms. The summed E-state index contributed by atoms with van der Waals surface area (Å²) in [6.07, 6.45) is 1.67. The van der Waals surface area contributed by atoms with E-state index < -0.39 is 0 Å². The number of hydrogen-bond donors (Lipinski definition) is 2. The molecule has 1 heterocycles. The minimum atomic E-state index is -0.297. The topological polar surface area (TPSA) is 71.4 Å². The van der Waals surface area contributed by atoms with Crippen molar-refractivity contribution >= 4 is 40.5 Å². The Hall–Kier alpha value is -2.44. The van der Waals surface area contributed by atoms with E-state index in [4.69, 9.17) is 26.5 Å². The maximum Gasteiger partial charge on any atom is 0.264 e. The number of aryl methyl sites for hydroxylation is 1. The molecule has 1 amide bonds. The van der Waals surface area contributed by atoms with Crippen LogP contribution in [0.25, 0.3) is 6.08 Å². The van der Waals surface area contributed by atoms with Crippen LogP contribution in [0.3, 0.4) is 0 Å². The molecule has 1 aliphatic heterocycles. The van der Waals surface area contributed by atoms with Crippen molar-refractivity contribution in [3.05, 3.63) is 63.5 Å². The molecule has 26 heavy (non-hydrogen) atoms. The van der Waals surface area contributed by atoms with Crippen LogP contribution in [-0.4, -0.2) is 24.3 Å². The lowest BCUT2D eigenvalue weighted by Crippen LogP contribution is -2.18. The van der Waals surface area contributed by atoms with Gasteiger partial charge in [-0.2, -0.15) is 0 Å². The maximum absolute atomic E-state index is 11.8. The zero-order chi connectivity index (χ0) is 18.5. The predicted molar refractivity (Wildman–Crippen MR) is 105 cm³/mol. The van der Waals surface area contributed by atoms with Crippen LogP contribution in [0.1, 0.15) is 11.1 Å². The Bertz CT molecular complexity index is 883. The van der Waals surface area contributed by atoms with Crippen molar-refractivity contribution in [1.29, 1.82) is 5.41 Å². The summed E-state index contributed by atoms with van der Waals surface area (Å²) in [5, 5.41) is 10.6. The van der Waals surface area contributed by atoms with Gasteiger partial charge in [0.05, 0.1) is 4.91 Å². The Labute approximate surface area is 160 Å². The number of carbonyl (C=O) groups excluding carboxylic acids is 1. The first-order valence-electron chi connectivity index (χ1n) is 7.92.